The fourth-order valence-electron chi connectivity index (χ4n) is 1.42. The van der Waals surface area contributed by atoms with Gasteiger partial charge >= 0.3 is 6.18 Å². The molecule has 1 heterocycles. The van der Waals surface area contributed by atoms with Crippen LogP contribution in [0.4, 0.5) is 13.2 Å². The number of alkyl halides is 3. The second kappa shape index (κ2) is 4.29. The summed E-state index contributed by atoms with van der Waals surface area (Å²) in [5, 5.41) is 0. The van der Waals surface area contributed by atoms with Crippen LogP contribution in [0, 0.1) is 6.92 Å². The van der Waals surface area contributed by atoms with Crippen LogP contribution in [0.5, 0.6) is 0 Å². The van der Waals surface area contributed by atoms with Gasteiger partial charge in [-0.15, -0.1) is 0 Å². The summed E-state index contributed by atoms with van der Waals surface area (Å²) in [6.45, 7) is 1.55. The molecule has 6 heteroatoms. The number of hydrogen-bond acceptors (Lipinski definition) is 3. The van der Waals surface area contributed by atoms with E-state index in [0.29, 0.717) is 11.3 Å². The molecular weight excluding hydrogens is 247 g/mol. The molecule has 0 aliphatic rings. The van der Waals surface area contributed by atoms with Crippen LogP contribution in [0.1, 0.15) is 17.0 Å². The zero-order valence-corrected chi connectivity index (χ0v) is 9.21. The summed E-state index contributed by atoms with van der Waals surface area (Å²) in [5.41, 5.74) is -0.0378. The molecule has 2 aromatic rings. The van der Waals surface area contributed by atoms with Crippen LogP contribution in [-0.2, 0) is 11.0 Å². The van der Waals surface area contributed by atoms with E-state index >= 15 is 0 Å². The Hall–Kier alpha value is -2.11. The molecule has 1 radical (unpaired) electrons. The molecule has 18 heavy (non-hydrogen) atoms. The molecule has 0 aliphatic heterocycles. The lowest BCUT2D eigenvalue weighted by atomic mass is 10.1. The van der Waals surface area contributed by atoms with Crippen LogP contribution in [0.15, 0.2) is 28.7 Å². The van der Waals surface area contributed by atoms with E-state index in [9.17, 15) is 18.0 Å². The monoisotopic (exact) mass is 254 g/mol. The third-order valence-corrected chi connectivity index (χ3v) is 2.35. The van der Waals surface area contributed by atoms with E-state index in [2.05, 4.69) is 4.98 Å². The topological polar surface area (TPSA) is 43.1 Å². The zero-order valence-electron chi connectivity index (χ0n) is 9.21. The Bertz CT molecular complexity index is 570. The Kier molecular flexibility index (Phi) is 2.94. The van der Waals surface area contributed by atoms with Crippen molar-refractivity contribution in [2.75, 3.05) is 0 Å². The Morgan fingerprint density at radius 3 is 2.28 bits per heavy atom. The maximum atomic E-state index is 12.4. The minimum atomic E-state index is -4.38. The third-order valence-electron chi connectivity index (χ3n) is 2.35. The summed E-state index contributed by atoms with van der Waals surface area (Å²) in [6.07, 6.45) is -2.82. The van der Waals surface area contributed by atoms with Crippen LogP contribution in [0.3, 0.4) is 0 Å². The highest BCUT2D eigenvalue weighted by atomic mass is 19.4. The number of aromatic nitrogens is 1. The van der Waals surface area contributed by atoms with E-state index in [-0.39, 0.29) is 11.7 Å². The van der Waals surface area contributed by atoms with Gasteiger partial charge in [-0.25, -0.2) is 4.98 Å². The number of aryl methyl sites for hydroxylation is 1. The summed E-state index contributed by atoms with van der Waals surface area (Å²) < 4.78 is 42.1. The number of carbonyl (C=O) groups excluding carboxylic acids is 1. The molecule has 2 rings (SSSR count). The molecule has 0 amide bonds. The molecule has 3 nitrogen and oxygen atoms in total. The fraction of sp³-hybridized carbons (Fsp3) is 0.167. The molecule has 0 saturated carbocycles. The van der Waals surface area contributed by atoms with Gasteiger partial charge in [0.1, 0.15) is 0 Å². The van der Waals surface area contributed by atoms with Gasteiger partial charge in [0.15, 0.2) is 0 Å². The third kappa shape index (κ3) is 2.27. The normalized spacial score (nSPS) is 11.6. The molecule has 0 atom stereocenters. The van der Waals surface area contributed by atoms with Crippen LogP contribution < -0.4 is 0 Å². The molecule has 0 bridgehead atoms. The molecule has 1 aromatic heterocycles. The summed E-state index contributed by atoms with van der Waals surface area (Å²) >= 11 is 0. The van der Waals surface area contributed by atoms with Gasteiger partial charge in [-0.1, -0.05) is 0 Å². The highest BCUT2D eigenvalue weighted by Crippen LogP contribution is 2.31. The Labute approximate surface area is 100 Å². The fourth-order valence-corrected chi connectivity index (χ4v) is 1.42. The van der Waals surface area contributed by atoms with Crippen molar-refractivity contribution >= 4 is 6.29 Å². The summed E-state index contributed by atoms with van der Waals surface area (Å²) in [5.74, 6) is 0.0458. The van der Waals surface area contributed by atoms with Gasteiger partial charge < -0.3 is 4.42 Å². The van der Waals surface area contributed by atoms with E-state index in [1.54, 1.807) is 13.2 Å². The van der Waals surface area contributed by atoms with Crippen LogP contribution >= 0.6 is 0 Å². The Morgan fingerprint density at radius 2 is 1.83 bits per heavy atom. The highest BCUT2D eigenvalue weighted by Gasteiger charge is 2.30. The van der Waals surface area contributed by atoms with Crippen molar-refractivity contribution in [1.82, 2.24) is 4.98 Å². The molecule has 0 fully saturated rings. The van der Waals surface area contributed by atoms with E-state index in [0.717, 1.165) is 12.1 Å². The van der Waals surface area contributed by atoms with Gasteiger partial charge in [0, 0.05) is 5.56 Å². The number of nitrogens with zero attached hydrogens (tertiary/aromatic N) is 1. The second-order valence-electron chi connectivity index (χ2n) is 3.61. The predicted octanol–water partition coefficient (Wildman–Crippen LogP) is 3.13. The quantitative estimate of drug-likeness (QED) is 0.826. The van der Waals surface area contributed by atoms with Gasteiger partial charge in [0.2, 0.25) is 11.7 Å². The Morgan fingerprint density at radius 1 is 1.22 bits per heavy atom. The molecule has 0 saturated heterocycles. The van der Waals surface area contributed by atoms with Crippen molar-refractivity contribution in [3.05, 3.63) is 41.3 Å². The van der Waals surface area contributed by atoms with Crippen LogP contribution in [0.25, 0.3) is 11.5 Å². The van der Waals surface area contributed by atoms with Crippen molar-refractivity contribution in [2.45, 2.75) is 13.1 Å². The van der Waals surface area contributed by atoms with E-state index in [1.165, 1.54) is 12.1 Å². The van der Waals surface area contributed by atoms with Gasteiger partial charge in [0.05, 0.1) is 11.3 Å². The minimum Gasteiger partial charge on any atom is -0.432 e. The lowest BCUT2D eigenvalue weighted by molar-refractivity contribution is -0.137. The minimum absolute atomic E-state index is 0.0510. The smallest absolute Gasteiger partial charge is 0.416 e. The van der Waals surface area contributed by atoms with E-state index < -0.39 is 11.7 Å². The number of halogens is 3. The number of hydrogen-bond donors (Lipinski definition) is 0. The first kappa shape index (κ1) is 12.3. The number of oxazole rings is 1. The number of benzene rings is 1. The zero-order chi connectivity index (χ0) is 13.3. The lowest BCUT2D eigenvalue weighted by Gasteiger charge is -2.05. The lowest BCUT2D eigenvalue weighted by Crippen LogP contribution is -2.03. The molecular formula is C12H7F3NO2. The first-order chi connectivity index (χ1) is 8.41. The van der Waals surface area contributed by atoms with Crippen molar-refractivity contribution in [3.63, 3.8) is 0 Å². The largest absolute Gasteiger partial charge is 0.432 e. The van der Waals surface area contributed by atoms with Crippen molar-refractivity contribution in [3.8, 4) is 11.5 Å². The van der Waals surface area contributed by atoms with Crippen molar-refractivity contribution in [1.29, 1.82) is 0 Å². The maximum absolute atomic E-state index is 12.4. The summed E-state index contributed by atoms with van der Waals surface area (Å²) in [4.78, 5) is 14.4. The van der Waals surface area contributed by atoms with Crippen LogP contribution in [-0.4, -0.2) is 11.3 Å². The highest BCUT2D eigenvalue weighted by molar-refractivity contribution is 5.73. The van der Waals surface area contributed by atoms with E-state index in [1.807, 2.05) is 0 Å². The molecule has 1 aromatic carbocycles. The molecule has 0 unspecified atom stereocenters. The van der Waals surface area contributed by atoms with Crippen LogP contribution in [0.2, 0.25) is 0 Å². The summed E-state index contributed by atoms with van der Waals surface area (Å²) in [6, 6.07) is 4.34. The summed E-state index contributed by atoms with van der Waals surface area (Å²) in [7, 11) is 0. The Balaban J connectivity index is 2.37. The van der Waals surface area contributed by atoms with E-state index in [4.69, 9.17) is 4.42 Å². The average Bonchev–Trinajstić information content (AvgIpc) is 2.69. The standard InChI is InChI=1S/C12H7F3NO2/c1-7-10(6-17)18-11(16-7)8-2-4-9(5-3-8)12(13,14)15/h2-5H,1H3. The second-order valence-corrected chi connectivity index (χ2v) is 3.61. The van der Waals surface area contributed by atoms with Crippen molar-refractivity contribution < 1.29 is 22.4 Å². The molecule has 0 spiro atoms. The molecule has 0 N–H and O–H groups in total. The predicted molar refractivity (Wildman–Crippen MR) is 56.5 cm³/mol. The first-order valence-corrected chi connectivity index (χ1v) is 4.95. The molecule has 0 aliphatic carbocycles. The average molecular weight is 254 g/mol. The maximum Gasteiger partial charge on any atom is 0.416 e. The van der Waals surface area contributed by atoms with Gasteiger partial charge in [-0.3, -0.25) is 4.79 Å². The van der Waals surface area contributed by atoms with Gasteiger partial charge in [-0.05, 0) is 31.2 Å². The van der Waals surface area contributed by atoms with Crippen molar-refractivity contribution in [2.24, 2.45) is 0 Å². The molecule has 93 valence electrons. The SMILES string of the molecule is Cc1nc(-c2ccc(C(F)(F)F)cc2)oc1[C]=O. The van der Waals surface area contributed by atoms with Gasteiger partial charge in [0.25, 0.3) is 6.29 Å². The first-order valence-electron chi connectivity index (χ1n) is 4.95. The van der Waals surface area contributed by atoms with Gasteiger partial charge in [-0.2, -0.15) is 13.2 Å². The number of rotatable bonds is 2.